The van der Waals surface area contributed by atoms with Crippen molar-refractivity contribution in [3.05, 3.63) is 38.9 Å². The molecular weight excluding hydrogens is 268 g/mol. The van der Waals surface area contributed by atoms with Gasteiger partial charge in [-0.05, 0) is 32.4 Å². The standard InChI is InChI=1S/C13H17ClN2O3/c1-13(17)6-3-7-15(9-13)8-10-11(14)4-2-5-12(10)16(18)19/h2,4-5,17H,3,6-9H2,1H3. The Kier molecular flexibility index (Phi) is 4.08. The molecule has 1 aromatic rings. The first-order chi connectivity index (χ1) is 8.89. The number of piperidine rings is 1. The average molecular weight is 285 g/mol. The minimum absolute atomic E-state index is 0.0396. The summed E-state index contributed by atoms with van der Waals surface area (Å²) in [7, 11) is 0. The topological polar surface area (TPSA) is 66.6 Å². The summed E-state index contributed by atoms with van der Waals surface area (Å²) in [5.74, 6) is 0. The van der Waals surface area contributed by atoms with Crippen LogP contribution in [0, 0.1) is 10.1 Å². The number of halogens is 1. The van der Waals surface area contributed by atoms with Crippen molar-refractivity contribution in [2.45, 2.75) is 31.9 Å². The average Bonchev–Trinajstić information content (AvgIpc) is 2.30. The van der Waals surface area contributed by atoms with Crippen molar-refractivity contribution >= 4 is 17.3 Å². The lowest BCUT2D eigenvalue weighted by Gasteiger charge is -2.36. The van der Waals surface area contributed by atoms with Gasteiger partial charge in [-0.1, -0.05) is 17.7 Å². The number of β-amino-alcohol motifs (C(OH)–C–C–N with tert-alkyl or cyclic N) is 1. The molecule has 0 amide bonds. The first kappa shape index (κ1) is 14.2. The number of aliphatic hydroxyl groups is 1. The van der Waals surface area contributed by atoms with Gasteiger partial charge >= 0.3 is 0 Å². The van der Waals surface area contributed by atoms with Gasteiger partial charge in [0.25, 0.3) is 5.69 Å². The van der Waals surface area contributed by atoms with Crippen molar-refractivity contribution in [3.8, 4) is 0 Å². The van der Waals surface area contributed by atoms with E-state index in [0.717, 1.165) is 19.4 Å². The number of nitro groups is 1. The molecule has 1 aliphatic rings. The number of nitrogens with zero attached hydrogens (tertiary/aromatic N) is 2. The fourth-order valence-electron chi connectivity index (χ4n) is 2.56. The predicted octanol–water partition coefficient (Wildman–Crippen LogP) is 2.60. The molecule has 0 aliphatic carbocycles. The van der Waals surface area contributed by atoms with Gasteiger partial charge < -0.3 is 5.11 Å². The molecule has 0 spiro atoms. The Morgan fingerprint density at radius 1 is 1.58 bits per heavy atom. The van der Waals surface area contributed by atoms with Crippen LogP contribution in [0.3, 0.4) is 0 Å². The Bertz CT molecular complexity index is 491. The maximum atomic E-state index is 11.0. The molecule has 1 aromatic carbocycles. The molecule has 0 radical (unpaired) electrons. The van der Waals surface area contributed by atoms with Gasteiger partial charge in [0, 0.05) is 19.2 Å². The SMILES string of the molecule is CC1(O)CCCN(Cc2c(Cl)cccc2[N+](=O)[O-])C1. The highest BCUT2D eigenvalue weighted by atomic mass is 35.5. The van der Waals surface area contributed by atoms with Crippen LogP contribution in [0.15, 0.2) is 18.2 Å². The van der Waals surface area contributed by atoms with Crippen LogP contribution in [0.25, 0.3) is 0 Å². The van der Waals surface area contributed by atoms with Gasteiger partial charge in [-0.15, -0.1) is 0 Å². The van der Waals surface area contributed by atoms with E-state index in [9.17, 15) is 15.2 Å². The van der Waals surface area contributed by atoms with Crippen molar-refractivity contribution in [2.24, 2.45) is 0 Å². The summed E-state index contributed by atoms with van der Waals surface area (Å²) in [5, 5.41) is 21.5. The van der Waals surface area contributed by atoms with E-state index < -0.39 is 10.5 Å². The fourth-order valence-corrected chi connectivity index (χ4v) is 2.79. The van der Waals surface area contributed by atoms with Gasteiger partial charge in [0.1, 0.15) is 0 Å². The van der Waals surface area contributed by atoms with Crippen molar-refractivity contribution in [1.82, 2.24) is 4.90 Å². The second kappa shape index (κ2) is 5.45. The van der Waals surface area contributed by atoms with Crippen LogP contribution in [-0.2, 0) is 6.54 Å². The molecule has 0 bridgehead atoms. The molecule has 19 heavy (non-hydrogen) atoms. The molecule has 6 heteroatoms. The highest BCUT2D eigenvalue weighted by Crippen LogP contribution is 2.29. The fraction of sp³-hybridized carbons (Fsp3) is 0.538. The lowest BCUT2D eigenvalue weighted by Crippen LogP contribution is -2.45. The molecule has 1 saturated heterocycles. The Labute approximate surface area is 116 Å². The molecule has 0 saturated carbocycles. The molecule has 1 heterocycles. The normalized spacial score (nSPS) is 24.4. The second-order valence-corrected chi connectivity index (χ2v) is 5.71. The largest absolute Gasteiger partial charge is 0.389 e. The summed E-state index contributed by atoms with van der Waals surface area (Å²) in [4.78, 5) is 12.6. The second-order valence-electron chi connectivity index (χ2n) is 5.31. The van der Waals surface area contributed by atoms with Crippen LogP contribution in [0.2, 0.25) is 5.02 Å². The molecule has 0 aromatic heterocycles. The summed E-state index contributed by atoms with van der Waals surface area (Å²) in [6.07, 6.45) is 1.64. The van der Waals surface area contributed by atoms with E-state index >= 15 is 0 Å². The molecular formula is C13H17ClN2O3. The third kappa shape index (κ3) is 3.43. The van der Waals surface area contributed by atoms with E-state index in [2.05, 4.69) is 0 Å². The third-order valence-corrected chi connectivity index (χ3v) is 3.78. The van der Waals surface area contributed by atoms with E-state index in [4.69, 9.17) is 11.6 Å². The van der Waals surface area contributed by atoms with Gasteiger partial charge in [0.15, 0.2) is 0 Å². The van der Waals surface area contributed by atoms with E-state index in [0.29, 0.717) is 23.7 Å². The Morgan fingerprint density at radius 2 is 2.32 bits per heavy atom. The monoisotopic (exact) mass is 284 g/mol. The lowest BCUT2D eigenvalue weighted by molar-refractivity contribution is -0.385. The first-order valence-electron chi connectivity index (χ1n) is 6.25. The summed E-state index contributed by atoms with van der Waals surface area (Å²) < 4.78 is 0. The van der Waals surface area contributed by atoms with Crippen LogP contribution in [-0.4, -0.2) is 33.6 Å². The maximum Gasteiger partial charge on any atom is 0.275 e. The first-order valence-corrected chi connectivity index (χ1v) is 6.63. The van der Waals surface area contributed by atoms with Gasteiger partial charge in [-0.2, -0.15) is 0 Å². The van der Waals surface area contributed by atoms with Gasteiger partial charge in [-0.3, -0.25) is 15.0 Å². The van der Waals surface area contributed by atoms with Gasteiger partial charge in [0.2, 0.25) is 0 Å². The Balaban J connectivity index is 2.21. The minimum atomic E-state index is -0.728. The zero-order valence-corrected chi connectivity index (χ0v) is 11.6. The van der Waals surface area contributed by atoms with E-state index in [1.165, 1.54) is 6.07 Å². The smallest absolute Gasteiger partial charge is 0.275 e. The minimum Gasteiger partial charge on any atom is -0.389 e. The molecule has 1 N–H and O–H groups in total. The van der Waals surface area contributed by atoms with Crippen LogP contribution in [0.5, 0.6) is 0 Å². The van der Waals surface area contributed by atoms with Gasteiger partial charge in [0.05, 0.1) is 21.1 Å². The molecule has 1 fully saturated rings. The summed E-state index contributed by atoms with van der Waals surface area (Å²) >= 11 is 6.07. The maximum absolute atomic E-state index is 11.0. The van der Waals surface area contributed by atoms with Gasteiger partial charge in [-0.25, -0.2) is 0 Å². The molecule has 104 valence electrons. The zero-order chi connectivity index (χ0) is 14.0. The Morgan fingerprint density at radius 3 is 2.95 bits per heavy atom. The highest BCUT2D eigenvalue weighted by Gasteiger charge is 2.30. The molecule has 5 nitrogen and oxygen atoms in total. The van der Waals surface area contributed by atoms with Crippen molar-refractivity contribution in [3.63, 3.8) is 0 Å². The van der Waals surface area contributed by atoms with E-state index in [1.807, 2.05) is 4.90 Å². The Hall–Kier alpha value is -1.17. The summed E-state index contributed by atoms with van der Waals surface area (Å²) in [6.45, 7) is 3.51. The molecule has 1 aliphatic heterocycles. The van der Waals surface area contributed by atoms with Crippen molar-refractivity contribution in [1.29, 1.82) is 0 Å². The van der Waals surface area contributed by atoms with Crippen LogP contribution in [0.1, 0.15) is 25.3 Å². The van der Waals surface area contributed by atoms with E-state index in [-0.39, 0.29) is 5.69 Å². The van der Waals surface area contributed by atoms with Crippen LogP contribution >= 0.6 is 11.6 Å². The lowest BCUT2D eigenvalue weighted by atomic mass is 9.95. The number of nitro benzene ring substituents is 1. The number of hydrogen-bond acceptors (Lipinski definition) is 4. The van der Waals surface area contributed by atoms with Crippen molar-refractivity contribution in [2.75, 3.05) is 13.1 Å². The quantitative estimate of drug-likeness (QED) is 0.684. The summed E-state index contributed by atoms with van der Waals surface area (Å²) in [5.41, 5.74) is -0.168. The third-order valence-electron chi connectivity index (χ3n) is 3.43. The van der Waals surface area contributed by atoms with Crippen molar-refractivity contribution < 1.29 is 10.0 Å². The highest BCUT2D eigenvalue weighted by molar-refractivity contribution is 6.31. The number of likely N-dealkylation sites (tertiary alicyclic amines) is 1. The van der Waals surface area contributed by atoms with Crippen LogP contribution in [0.4, 0.5) is 5.69 Å². The number of benzene rings is 1. The molecule has 1 atom stereocenters. The van der Waals surface area contributed by atoms with Crippen LogP contribution < -0.4 is 0 Å². The van der Waals surface area contributed by atoms with E-state index in [1.54, 1.807) is 19.1 Å². The number of hydrogen-bond donors (Lipinski definition) is 1. The summed E-state index contributed by atoms with van der Waals surface area (Å²) in [6, 6.07) is 4.70. The predicted molar refractivity (Wildman–Crippen MR) is 73.2 cm³/mol. The molecule has 2 rings (SSSR count). The number of rotatable bonds is 3. The molecule has 1 unspecified atom stereocenters. The zero-order valence-electron chi connectivity index (χ0n) is 10.8.